The largest absolute Gasteiger partial charge is 0.358 e. The van der Waals surface area contributed by atoms with Crippen molar-refractivity contribution in [2.24, 2.45) is 4.99 Å². The predicted molar refractivity (Wildman–Crippen MR) is 124 cm³/mol. The van der Waals surface area contributed by atoms with E-state index in [0.29, 0.717) is 11.4 Å². The van der Waals surface area contributed by atoms with Gasteiger partial charge < -0.3 is 15.6 Å². The summed E-state index contributed by atoms with van der Waals surface area (Å²) >= 11 is 0. The summed E-state index contributed by atoms with van der Waals surface area (Å²) in [5.74, 6) is 0.750. The molecule has 0 amide bonds. The lowest BCUT2D eigenvalue weighted by Crippen LogP contribution is -2.38. The second-order valence-electron chi connectivity index (χ2n) is 7.52. The molecule has 0 aliphatic heterocycles. The van der Waals surface area contributed by atoms with Crippen molar-refractivity contribution in [2.45, 2.75) is 38.6 Å². The number of rotatable bonds is 7. The van der Waals surface area contributed by atoms with E-state index in [1.54, 1.807) is 6.07 Å². The van der Waals surface area contributed by atoms with E-state index >= 15 is 0 Å². The van der Waals surface area contributed by atoms with Crippen LogP contribution in [-0.2, 0) is 22.8 Å². The maximum atomic E-state index is 11.8. The molecule has 0 atom stereocenters. The Labute approximate surface area is 178 Å². The molecule has 0 aliphatic carbocycles. The van der Waals surface area contributed by atoms with Crippen molar-refractivity contribution in [2.75, 3.05) is 19.3 Å². The van der Waals surface area contributed by atoms with Crippen LogP contribution in [0.15, 0.2) is 52.4 Å². The minimum atomic E-state index is -3.21. The number of hydrogen-bond donors (Lipinski definition) is 3. The summed E-state index contributed by atoms with van der Waals surface area (Å²) in [5, 5.41) is 7.93. The monoisotopic (exact) mass is 426 g/mol. The lowest BCUT2D eigenvalue weighted by Gasteiger charge is -2.12. The van der Waals surface area contributed by atoms with Crippen LogP contribution in [-0.4, -0.2) is 38.7 Å². The zero-order valence-electron chi connectivity index (χ0n) is 18.0. The summed E-state index contributed by atoms with van der Waals surface area (Å²) in [6, 6.07) is 13.7. The Kier molecular flexibility index (Phi) is 6.82. The normalized spacial score (nSPS) is 12.3. The molecule has 0 aliphatic rings. The first kappa shape index (κ1) is 21.9. The molecule has 0 radical (unpaired) electrons. The fraction of sp³-hybridized carbons (Fsp3) is 0.348. The molecule has 3 N–H and O–H groups in total. The van der Waals surface area contributed by atoms with Gasteiger partial charge in [0.25, 0.3) is 0 Å². The van der Waals surface area contributed by atoms with Crippen LogP contribution in [0.4, 0.5) is 0 Å². The quantitative estimate of drug-likeness (QED) is 0.399. The second kappa shape index (κ2) is 9.34. The number of aliphatic imine (C=N–C) groups is 1. The Morgan fingerprint density at radius 1 is 1.10 bits per heavy atom. The van der Waals surface area contributed by atoms with Gasteiger partial charge in [0, 0.05) is 35.9 Å². The number of nitrogens with zero attached hydrogens (tertiary/aromatic N) is 1. The molecule has 6 nitrogen and oxygen atoms in total. The molecule has 30 heavy (non-hydrogen) atoms. The summed E-state index contributed by atoms with van der Waals surface area (Å²) in [6.45, 7) is 7.97. The Bertz CT molecular complexity index is 1160. The number of nitrogens with one attached hydrogen (secondary N) is 3. The summed E-state index contributed by atoms with van der Waals surface area (Å²) in [5.41, 5.74) is 5.41. The number of guanidine groups is 1. The highest BCUT2D eigenvalue weighted by molar-refractivity contribution is 7.90. The van der Waals surface area contributed by atoms with Gasteiger partial charge in [-0.25, -0.2) is 13.4 Å². The van der Waals surface area contributed by atoms with Gasteiger partial charge in [0.15, 0.2) is 15.8 Å². The van der Waals surface area contributed by atoms with Gasteiger partial charge >= 0.3 is 0 Å². The van der Waals surface area contributed by atoms with E-state index in [9.17, 15) is 8.42 Å². The summed E-state index contributed by atoms with van der Waals surface area (Å²) in [7, 11) is -3.21. The Morgan fingerprint density at radius 2 is 1.87 bits per heavy atom. The van der Waals surface area contributed by atoms with Crippen molar-refractivity contribution >= 4 is 26.7 Å². The number of H-pyrrole nitrogens is 1. The number of aromatic nitrogens is 1. The molecule has 160 valence electrons. The fourth-order valence-corrected chi connectivity index (χ4v) is 4.66. The van der Waals surface area contributed by atoms with Crippen LogP contribution in [0.1, 0.15) is 29.3 Å². The molecule has 7 heteroatoms. The van der Waals surface area contributed by atoms with Crippen molar-refractivity contribution in [1.29, 1.82) is 0 Å². The highest BCUT2D eigenvalue weighted by atomic mass is 32.2. The van der Waals surface area contributed by atoms with Crippen molar-refractivity contribution in [3.05, 3.63) is 64.8 Å². The smallest absolute Gasteiger partial charge is 0.191 e. The molecule has 1 aromatic heterocycles. The first-order valence-corrected chi connectivity index (χ1v) is 12.1. The van der Waals surface area contributed by atoms with Crippen LogP contribution in [0.3, 0.4) is 0 Å². The van der Waals surface area contributed by atoms with Crippen LogP contribution in [0.25, 0.3) is 10.9 Å². The number of fused-ring (bicyclic) bond motifs is 1. The molecule has 2 aromatic carbocycles. The zero-order chi connectivity index (χ0) is 21.7. The second-order valence-corrected chi connectivity index (χ2v) is 9.50. The molecule has 0 bridgehead atoms. The van der Waals surface area contributed by atoms with Gasteiger partial charge in [0.2, 0.25) is 0 Å². The van der Waals surface area contributed by atoms with E-state index in [2.05, 4.69) is 45.7 Å². The van der Waals surface area contributed by atoms with Crippen molar-refractivity contribution in [3.8, 4) is 0 Å². The molecule has 1 heterocycles. The van der Waals surface area contributed by atoms with Crippen LogP contribution in [0, 0.1) is 13.8 Å². The van der Waals surface area contributed by atoms with Crippen LogP contribution >= 0.6 is 0 Å². The van der Waals surface area contributed by atoms with Crippen molar-refractivity contribution in [1.82, 2.24) is 15.6 Å². The highest BCUT2D eigenvalue weighted by Gasteiger charge is 2.11. The van der Waals surface area contributed by atoms with Crippen molar-refractivity contribution in [3.63, 3.8) is 0 Å². The summed E-state index contributed by atoms with van der Waals surface area (Å²) < 4.78 is 23.6. The number of aryl methyl sites for hydroxylation is 2. The fourth-order valence-electron chi connectivity index (χ4n) is 3.70. The van der Waals surface area contributed by atoms with Gasteiger partial charge in [-0.05, 0) is 56.0 Å². The van der Waals surface area contributed by atoms with Gasteiger partial charge in [-0.3, -0.25) is 0 Å². The van der Waals surface area contributed by atoms with Gasteiger partial charge in [-0.15, -0.1) is 0 Å². The molecular formula is C23H30N4O2S. The topological polar surface area (TPSA) is 86.3 Å². The molecule has 3 rings (SSSR count). The average Bonchev–Trinajstić information content (AvgIpc) is 3.00. The summed E-state index contributed by atoms with van der Waals surface area (Å²) in [6.07, 6.45) is 2.12. The Hall–Kier alpha value is -2.80. The van der Waals surface area contributed by atoms with E-state index in [-0.39, 0.29) is 0 Å². The minimum Gasteiger partial charge on any atom is -0.358 e. The van der Waals surface area contributed by atoms with E-state index in [1.807, 2.05) is 32.0 Å². The molecule has 0 spiro atoms. The third-order valence-corrected chi connectivity index (χ3v) is 6.35. The first-order valence-electron chi connectivity index (χ1n) is 10.2. The van der Waals surface area contributed by atoms with Gasteiger partial charge in [-0.2, -0.15) is 0 Å². The van der Waals surface area contributed by atoms with Crippen LogP contribution in [0.5, 0.6) is 0 Å². The van der Waals surface area contributed by atoms with Gasteiger partial charge in [0.05, 0.1) is 11.4 Å². The molecular weight excluding hydrogens is 396 g/mol. The molecule has 0 saturated heterocycles. The third kappa shape index (κ3) is 5.21. The SMILES string of the molecule is CCNC(=NCc1ccc(S(C)(=O)=O)c(C)c1)NCCc1c(C)[nH]c2ccccc12. The number of para-hydroxylation sites is 1. The lowest BCUT2D eigenvalue weighted by molar-refractivity contribution is 0.601. The Morgan fingerprint density at radius 3 is 2.57 bits per heavy atom. The zero-order valence-corrected chi connectivity index (χ0v) is 18.9. The maximum Gasteiger partial charge on any atom is 0.191 e. The molecule has 0 fully saturated rings. The first-order chi connectivity index (χ1) is 14.3. The highest BCUT2D eigenvalue weighted by Crippen LogP contribution is 2.22. The van der Waals surface area contributed by atoms with Crippen LogP contribution < -0.4 is 10.6 Å². The molecule has 0 unspecified atom stereocenters. The average molecular weight is 427 g/mol. The maximum absolute atomic E-state index is 11.8. The van der Waals surface area contributed by atoms with E-state index < -0.39 is 9.84 Å². The van der Waals surface area contributed by atoms with Gasteiger partial charge in [-0.1, -0.05) is 30.3 Å². The lowest BCUT2D eigenvalue weighted by atomic mass is 10.1. The van der Waals surface area contributed by atoms with E-state index in [0.717, 1.165) is 36.6 Å². The molecule has 3 aromatic rings. The molecule has 0 saturated carbocycles. The number of benzene rings is 2. The van der Waals surface area contributed by atoms with E-state index in [1.165, 1.54) is 28.4 Å². The van der Waals surface area contributed by atoms with Crippen molar-refractivity contribution < 1.29 is 8.42 Å². The standard InChI is InChI=1S/C23H30N4O2S/c1-5-24-23(26-15-18-10-11-22(16(2)14-18)30(4,28)29)25-13-12-19-17(3)27-21-9-7-6-8-20(19)21/h6-11,14,27H,5,12-13,15H2,1-4H3,(H2,24,25,26). The summed E-state index contributed by atoms with van der Waals surface area (Å²) in [4.78, 5) is 8.47. The number of hydrogen-bond acceptors (Lipinski definition) is 3. The minimum absolute atomic E-state index is 0.370. The third-order valence-electron chi connectivity index (χ3n) is 5.10. The van der Waals surface area contributed by atoms with Crippen LogP contribution in [0.2, 0.25) is 0 Å². The number of sulfone groups is 1. The van der Waals surface area contributed by atoms with Gasteiger partial charge in [0.1, 0.15) is 0 Å². The number of aromatic amines is 1. The predicted octanol–water partition coefficient (Wildman–Crippen LogP) is 3.49. The Balaban J connectivity index is 1.66. The van der Waals surface area contributed by atoms with E-state index in [4.69, 9.17) is 0 Å².